The second kappa shape index (κ2) is 15.4. The van der Waals surface area contributed by atoms with Crippen molar-refractivity contribution in [2.45, 2.75) is 52.4 Å². The number of aromatic amines is 1. The number of carbonyl (C=O) groups excluding carboxylic acids is 2. The van der Waals surface area contributed by atoms with Crippen LogP contribution in [0.2, 0.25) is 5.15 Å². The van der Waals surface area contributed by atoms with E-state index in [1.807, 2.05) is 48.5 Å². The first-order chi connectivity index (χ1) is 20.9. The lowest BCUT2D eigenvalue weighted by Crippen LogP contribution is -2.24. The van der Waals surface area contributed by atoms with Crippen LogP contribution in [0.25, 0.3) is 22.5 Å². The van der Waals surface area contributed by atoms with Crippen molar-refractivity contribution >= 4 is 30.4 Å². The number of nitrogens with one attached hydrogen (secondary N) is 1. The van der Waals surface area contributed by atoms with Crippen LogP contribution in [0.15, 0.2) is 53.7 Å². The number of esters is 1. The van der Waals surface area contributed by atoms with Gasteiger partial charge in [0.05, 0.1) is 6.61 Å². The van der Waals surface area contributed by atoms with Crippen molar-refractivity contribution < 1.29 is 28.6 Å². The summed E-state index contributed by atoms with van der Waals surface area (Å²) < 4.78 is 17.1. The third-order valence-electron chi connectivity index (χ3n) is 6.30. The Morgan fingerprint density at radius 2 is 1.84 bits per heavy atom. The number of aryl methyl sites for hydroxylation is 1. The van der Waals surface area contributed by atoms with Crippen molar-refractivity contribution in [3.63, 3.8) is 0 Å². The van der Waals surface area contributed by atoms with Crippen LogP contribution in [-0.2, 0) is 32.0 Å². The minimum Gasteiger partial charge on any atom is -0.434 e. The molecule has 2 heterocycles. The molecule has 0 saturated heterocycles. The Kier molecular flexibility index (Phi) is 11.2. The molecule has 0 aliphatic rings. The summed E-state index contributed by atoms with van der Waals surface area (Å²) in [5.74, 6) is 0.366. The van der Waals surface area contributed by atoms with Crippen LogP contribution in [0, 0.1) is 0 Å². The molecule has 1 N–H and O–H groups in total. The van der Waals surface area contributed by atoms with E-state index in [0.29, 0.717) is 31.0 Å². The Morgan fingerprint density at radius 1 is 1.07 bits per heavy atom. The number of tetrazole rings is 1. The molecular weight excluding hydrogens is 578 g/mol. The first-order valence-electron chi connectivity index (χ1n) is 13.7. The maximum atomic E-state index is 13.2. The number of H-pyrrole nitrogens is 1. The molecule has 2 aromatic carbocycles. The number of oxime groups is 1. The zero-order valence-corrected chi connectivity index (χ0v) is 24.6. The standard InChI is InChI=1S/C29H32ClN7O6/c1-4-5-11-24-32-26(30)25(28(38)42-19(2)43-29(39)40-16-8-17-41-31-3)37(24)18-20-12-14-21(15-13-20)22-9-6-7-10-23(22)27-33-35-36-34-27/h6-7,9-10,12-15,19H,3-5,8,11,16-18H2,1-2H3,(H,33,34,35,36). The largest absolute Gasteiger partial charge is 0.511 e. The molecule has 0 radical (unpaired) electrons. The topological polar surface area (TPSA) is 156 Å². The highest BCUT2D eigenvalue weighted by Gasteiger charge is 2.26. The van der Waals surface area contributed by atoms with E-state index in [4.69, 9.17) is 30.6 Å². The molecule has 4 rings (SSSR count). The molecule has 0 aliphatic carbocycles. The zero-order chi connectivity index (χ0) is 30.6. The van der Waals surface area contributed by atoms with Crippen LogP contribution < -0.4 is 0 Å². The van der Waals surface area contributed by atoms with Crippen molar-refractivity contribution in [3.05, 3.63) is 70.8 Å². The van der Waals surface area contributed by atoms with Crippen molar-refractivity contribution in [2.75, 3.05) is 13.2 Å². The molecule has 0 amide bonds. The smallest absolute Gasteiger partial charge is 0.434 e. The third kappa shape index (κ3) is 8.38. The summed E-state index contributed by atoms with van der Waals surface area (Å²) in [6.07, 6.45) is 0.571. The first-order valence-corrected chi connectivity index (χ1v) is 14.1. The van der Waals surface area contributed by atoms with Gasteiger partial charge in [0, 0.05) is 38.6 Å². The summed E-state index contributed by atoms with van der Waals surface area (Å²) in [5, 5.41) is 17.6. The van der Waals surface area contributed by atoms with E-state index in [2.05, 4.69) is 44.4 Å². The van der Waals surface area contributed by atoms with E-state index in [1.165, 1.54) is 6.92 Å². The Balaban J connectivity index is 1.49. The quantitative estimate of drug-likeness (QED) is 0.0604. The first kappa shape index (κ1) is 31.2. The number of rotatable bonds is 15. The highest BCUT2D eigenvalue weighted by atomic mass is 35.5. The molecule has 0 spiro atoms. The maximum Gasteiger partial charge on any atom is 0.511 e. The second-order valence-electron chi connectivity index (χ2n) is 9.34. The lowest BCUT2D eigenvalue weighted by atomic mass is 9.98. The highest BCUT2D eigenvalue weighted by molar-refractivity contribution is 6.32. The van der Waals surface area contributed by atoms with E-state index >= 15 is 0 Å². The average molecular weight is 610 g/mol. The van der Waals surface area contributed by atoms with Crippen LogP contribution in [-0.4, -0.2) is 68.5 Å². The predicted molar refractivity (Wildman–Crippen MR) is 157 cm³/mol. The third-order valence-corrected chi connectivity index (χ3v) is 6.56. The summed E-state index contributed by atoms with van der Waals surface area (Å²) >= 11 is 6.45. The number of ether oxygens (including phenoxy) is 3. The van der Waals surface area contributed by atoms with Crippen LogP contribution in [0.1, 0.15) is 55.0 Å². The number of nitrogens with zero attached hydrogens (tertiary/aromatic N) is 6. The fraction of sp³-hybridized carbons (Fsp3) is 0.345. The summed E-state index contributed by atoms with van der Waals surface area (Å²) in [6.45, 7) is 7.25. The molecule has 2 aromatic heterocycles. The van der Waals surface area contributed by atoms with Gasteiger partial charge in [-0.15, -0.1) is 15.4 Å². The van der Waals surface area contributed by atoms with Crippen LogP contribution >= 0.6 is 11.6 Å². The number of halogens is 1. The predicted octanol–water partition coefficient (Wildman–Crippen LogP) is 5.45. The highest BCUT2D eigenvalue weighted by Crippen LogP contribution is 2.30. The molecule has 226 valence electrons. The molecule has 4 aromatic rings. The van der Waals surface area contributed by atoms with Gasteiger partial charge < -0.3 is 23.6 Å². The van der Waals surface area contributed by atoms with Crippen LogP contribution in [0.4, 0.5) is 4.79 Å². The van der Waals surface area contributed by atoms with E-state index in [-0.39, 0.29) is 24.1 Å². The van der Waals surface area contributed by atoms with Gasteiger partial charge in [-0.05, 0) is 28.3 Å². The van der Waals surface area contributed by atoms with Crippen molar-refractivity contribution in [1.82, 2.24) is 30.2 Å². The molecule has 0 fully saturated rings. The van der Waals surface area contributed by atoms with Crippen LogP contribution in [0.5, 0.6) is 0 Å². The van der Waals surface area contributed by atoms with Gasteiger partial charge in [-0.3, -0.25) is 0 Å². The molecule has 13 nitrogen and oxygen atoms in total. The summed E-state index contributed by atoms with van der Waals surface area (Å²) in [4.78, 5) is 34.3. The second-order valence-corrected chi connectivity index (χ2v) is 9.70. The lowest BCUT2D eigenvalue weighted by Gasteiger charge is -2.16. The van der Waals surface area contributed by atoms with E-state index in [9.17, 15) is 9.59 Å². The van der Waals surface area contributed by atoms with Gasteiger partial charge in [-0.1, -0.05) is 73.5 Å². The molecule has 0 aliphatic heterocycles. The number of imidazole rings is 1. The number of aromatic nitrogens is 6. The molecule has 1 atom stereocenters. The van der Waals surface area contributed by atoms with Gasteiger partial charge in [-0.2, -0.15) is 5.21 Å². The zero-order valence-electron chi connectivity index (χ0n) is 23.9. The monoisotopic (exact) mass is 609 g/mol. The minimum absolute atomic E-state index is 0.00682. The van der Waals surface area contributed by atoms with E-state index < -0.39 is 18.4 Å². The molecule has 0 saturated carbocycles. The molecule has 1 unspecified atom stereocenters. The number of hydrogen-bond acceptors (Lipinski definition) is 11. The Bertz CT molecular complexity index is 1510. The van der Waals surface area contributed by atoms with Crippen molar-refractivity contribution in [2.24, 2.45) is 5.16 Å². The number of carbonyl (C=O) groups is 2. The van der Waals surface area contributed by atoms with Gasteiger partial charge in [0.25, 0.3) is 0 Å². The minimum atomic E-state index is -1.23. The summed E-state index contributed by atoms with van der Waals surface area (Å²) in [6, 6.07) is 15.7. The maximum absolute atomic E-state index is 13.2. The van der Waals surface area contributed by atoms with E-state index in [0.717, 1.165) is 35.1 Å². The van der Waals surface area contributed by atoms with Crippen molar-refractivity contribution in [1.29, 1.82) is 0 Å². The van der Waals surface area contributed by atoms with Crippen molar-refractivity contribution in [3.8, 4) is 22.5 Å². The molecule has 43 heavy (non-hydrogen) atoms. The van der Waals surface area contributed by atoms with Gasteiger partial charge in [0.2, 0.25) is 12.1 Å². The molecular formula is C29H32ClN7O6. The van der Waals surface area contributed by atoms with Gasteiger partial charge >= 0.3 is 12.1 Å². The van der Waals surface area contributed by atoms with Gasteiger partial charge in [0.1, 0.15) is 12.4 Å². The van der Waals surface area contributed by atoms with Gasteiger partial charge in [-0.25, -0.2) is 14.6 Å². The fourth-order valence-corrected chi connectivity index (χ4v) is 4.56. The number of benzene rings is 2. The molecule has 0 bridgehead atoms. The average Bonchev–Trinajstić information content (AvgIpc) is 3.64. The fourth-order valence-electron chi connectivity index (χ4n) is 4.28. The number of hydrogen-bond donors (Lipinski definition) is 1. The Morgan fingerprint density at radius 3 is 2.53 bits per heavy atom. The van der Waals surface area contributed by atoms with Crippen LogP contribution in [0.3, 0.4) is 0 Å². The summed E-state index contributed by atoms with van der Waals surface area (Å²) in [7, 11) is 0. The lowest BCUT2D eigenvalue weighted by molar-refractivity contribution is -0.0830. The van der Waals surface area contributed by atoms with Gasteiger partial charge in [0.15, 0.2) is 10.8 Å². The normalized spacial score (nSPS) is 11.5. The van der Waals surface area contributed by atoms with E-state index in [1.54, 1.807) is 4.57 Å². The Hall–Kier alpha value is -4.78. The summed E-state index contributed by atoms with van der Waals surface area (Å²) in [5.41, 5.74) is 3.73. The Labute approximate surface area is 253 Å². The number of unbranched alkanes of at least 4 members (excludes halogenated alkanes) is 1. The SMILES string of the molecule is C=NOCCCOC(=O)OC(C)OC(=O)c1c(Cl)nc(CCCC)n1Cc1ccc(-c2ccccc2-c2nn[nH]n2)cc1. The molecule has 14 heteroatoms.